The van der Waals surface area contributed by atoms with E-state index in [1.165, 1.54) is 0 Å². The Bertz CT molecular complexity index is 335. The van der Waals surface area contributed by atoms with Crippen molar-refractivity contribution in [3.8, 4) is 5.75 Å². The number of ether oxygens (including phenoxy) is 1. The lowest BCUT2D eigenvalue weighted by atomic mass is 9.96. The second-order valence-electron chi connectivity index (χ2n) is 3.56. The Morgan fingerprint density at radius 1 is 1.44 bits per heavy atom. The van der Waals surface area contributed by atoms with E-state index in [4.69, 9.17) is 4.74 Å². The molecule has 0 saturated carbocycles. The van der Waals surface area contributed by atoms with E-state index in [1.54, 1.807) is 0 Å². The maximum absolute atomic E-state index is 10.5. The van der Waals surface area contributed by atoms with Gasteiger partial charge in [-0.3, -0.25) is 0 Å². The number of hydrogen-bond acceptors (Lipinski definition) is 3. The highest BCUT2D eigenvalue weighted by Gasteiger charge is 2.11. The van der Waals surface area contributed by atoms with Crippen LogP contribution in [0, 0.1) is 0 Å². The monoisotopic (exact) mass is 223 g/mol. The lowest BCUT2D eigenvalue weighted by Gasteiger charge is -2.14. The van der Waals surface area contributed by atoms with Crippen molar-refractivity contribution >= 4 is 5.97 Å². The van der Waals surface area contributed by atoms with Gasteiger partial charge in [-0.15, -0.1) is 0 Å². The van der Waals surface area contributed by atoms with Gasteiger partial charge < -0.3 is 20.4 Å². The molecular weight excluding hydrogens is 206 g/mol. The molecule has 3 N–H and O–H groups in total. The quantitative estimate of drug-likeness (QED) is 0.709. The molecule has 0 heterocycles. The van der Waals surface area contributed by atoms with E-state index in [0.29, 0.717) is 13.2 Å². The van der Waals surface area contributed by atoms with Gasteiger partial charge in [0, 0.05) is 11.9 Å². The Hall–Kier alpha value is -1.55. The molecule has 1 atom stereocenters. The van der Waals surface area contributed by atoms with Gasteiger partial charge in [-0.25, -0.2) is 0 Å². The summed E-state index contributed by atoms with van der Waals surface area (Å²) in [7, 11) is 0. The van der Waals surface area contributed by atoms with Crippen LogP contribution < -0.4 is 15.6 Å². The Morgan fingerprint density at radius 3 is 2.50 bits per heavy atom. The highest BCUT2D eigenvalue weighted by molar-refractivity contribution is 5.65. The molecule has 0 saturated heterocycles. The molecule has 4 heteroatoms. The molecule has 1 aromatic rings. The number of carbonyl (C=O) groups excluding carboxylic acids is 1. The number of carboxylic acids is 1. The highest BCUT2D eigenvalue weighted by atomic mass is 16.5. The maximum atomic E-state index is 10.5. The van der Waals surface area contributed by atoms with E-state index in [2.05, 4.69) is 5.73 Å². The van der Waals surface area contributed by atoms with Crippen molar-refractivity contribution in [3.05, 3.63) is 29.8 Å². The fraction of sp³-hybridized carbons (Fsp3) is 0.417. The maximum Gasteiger partial charge on any atom is 0.119 e. The van der Waals surface area contributed by atoms with Crippen LogP contribution >= 0.6 is 0 Å². The van der Waals surface area contributed by atoms with Gasteiger partial charge in [0.25, 0.3) is 0 Å². The zero-order valence-electron chi connectivity index (χ0n) is 9.44. The Balaban J connectivity index is 2.73. The average Bonchev–Trinajstić information content (AvgIpc) is 2.27. The van der Waals surface area contributed by atoms with Gasteiger partial charge in [-0.2, -0.15) is 0 Å². The molecule has 0 aromatic heterocycles. The van der Waals surface area contributed by atoms with Gasteiger partial charge in [0.15, 0.2) is 0 Å². The zero-order valence-corrected chi connectivity index (χ0v) is 9.44. The zero-order chi connectivity index (χ0) is 12.0. The van der Waals surface area contributed by atoms with Crippen LogP contribution in [0.5, 0.6) is 5.75 Å². The third-order valence-corrected chi connectivity index (χ3v) is 2.42. The standard InChI is InChI=1S/C12H17NO3/c1-2-16-11-5-3-9(4-6-11)10(8-13)7-12(14)15/h3-6,10H,2,7-8,13H2,1H3,(H,14,15). The third kappa shape index (κ3) is 3.55. The predicted octanol–water partition coefficient (Wildman–Crippen LogP) is -0.449. The summed E-state index contributed by atoms with van der Waals surface area (Å²) in [5.41, 5.74) is 4.71. The minimum atomic E-state index is -1.04. The molecule has 0 aliphatic carbocycles. The summed E-state index contributed by atoms with van der Waals surface area (Å²) < 4.78 is 5.31. The molecule has 0 bridgehead atoms. The van der Waals surface area contributed by atoms with Gasteiger partial charge >= 0.3 is 0 Å². The van der Waals surface area contributed by atoms with Gasteiger partial charge in [-0.05, 0) is 31.0 Å². The number of rotatable bonds is 6. The summed E-state index contributed by atoms with van der Waals surface area (Å²) in [4.78, 5) is 10.5. The van der Waals surface area contributed by atoms with Crippen molar-refractivity contribution in [2.45, 2.75) is 19.3 Å². The molecule has 88 valence electrons. The molecule has 0 spiro atoms. The van der Waals surface area contributed by atoms with E-state index in [1.807, 2.05) is 31.2 Å². The SMILES string of the molecule is CCOc1ccc(C(C[NH3+])CC(=O)[O-])cc1. The summed E-state index contributed by atoms with van der Waals surface area (Å²) in [5.74, 6) is -0.328. The molecule has 0 radical (unpaired) electrons. The van der Waals surface area contributed by atoms with Crippen LogP contribution in [0.25, 0.3) is 0 Å². The first-order valence-corrected chi connectivity index (χ1v) is 5.39. The number of aliphatic carboxylic acids is 1. The van der Waals surface area contributed by atoms with E-state index in [0.717, 1.165) is 11.3 Å². The van der Waals surface area contributed by atoms with Crippen LogP contribution in [-0.2, 0) is 4.79 Å². The lowest BCUT2D eigenvalue weighted by Crippen LogP contribution is -2.53. The largest absolute Gasteiger partial charge is 0.550 e. The van der Waals surface area contributed by atoms with Crippen molar-refractivity contribution in [1.29, 1.82) is 0 Å². The van der Waals surface area contributed by atoms with Crippen molar-refractivity contribution in [2.75, 3.05) is 13.2 Å². The van der Waals surface area contributed by atoms with Gasteiger partial charge in [0.1, 0.15) is 5.75 Å². The first-order chi connectivity index (χ1) is 7.67. The molecule has 0 fully saturated rings. The van der Waals surface area contributed by atoms with Crippen molar-refractivity contribution in [2.24, 2.45) is 0 Å². The molecular formula is C12H17NO3. The second-order valence-corrected chi connectivity index (χ2v) is 3.56. The molecule has 1 unspecified atom stereocenters. The predicted molar refractivity (Wildman–Crippen MR) is 57.7 cm³/mol. The Kier molecular flexibility index (Phi) is 4.79. The molecule has 16 heavy (non-hydrogen) atoms. The van der Waals surface area contributed by atoms with Crippen LogP contribution in [0.4, 0.5) is 0 Å². The normalized spacial score (nSPS) is 12.1. The summed E-state index contributed by atoms with van der Waals surface area (Å²) in [6.07, 6.45) is 0.0114. The number of carboxylic acid groups (broad SMARTS) is 1. The number of hydrogen-bond donors (Lipinski definition) is 1. The summed E-state index contributed by atoms with van der Waals surface area (Å²) in [6.45, 7) is 3.09. The van der Waals surface area contributed by atoms with E-state index < -0.39 is 5.97 Å². The molecule has 1 rings (SSSR count). The van der Waals surface area contributed by atoms with Gasteiger partial charge in [0.05, 0.1) is 13.2 Å². The topological polar surface area (TPSA) is 77.0 Å². The fourth-order valence-corrected chi connectivity index (χ4v) is 1.59. The highest BCUT2D eigenvalue weighted by Crippen LogP contribution is 2.20. The van der Waals surface area contributed by atoms with Crippen molar-refractivity contribution < 1.29 is 20.4 Å². The van der Waals surface area contributed by atoms with Crippen LogP contribution in [-0.4, -0.2) is 19.1 Å². The van der Waals surface area contributed by atoms with Crippen LogP contribution in [0.15, 0.2) is 24.3 Å². The second kappa shape index (κ2) is 6.12. The smallest absolute Gasteiger partial charge is 0.119 e. The van der Waals surface area contributed by atoms with E-state index in [9.17, 15) is 9.90 Å². The van der Waals surface area contributed by atoms with Crippen LogP contribution in [0.1, 0.15) is 24.8 Å². The molecule has 0 aliphatic rings. The average molecular weight is 223 g/mol. The third-order valence-electron chi connectivity index (χ3n) is 2.42. The fourth-order valence-electron chi connectivity index (χ4n) is 1.59. The first kappa shape index (κ1) is 12.5. The van der Waals surface area contributed by atoms with Gasteiger partial charge in [0.2, 0.25) is 0 Å². The summed E-state index contributed by atoms with van der Waals surface area (Å²) in [5, 5.41) is 10.5. The molecule has 1 aromatic carbocycles. The Labute approximate surface area is 95.0 Å². The minimum Gasteiger partial charge on any atom is -0.550 e. The summed E-state index contributed by atoms with van der Waals surface area (Å²) in [6, 6.07) is 7.45. The number of carbonyl (C=O) groups is 1. The van der Waals surface area contributed by atoms with Crippen LogP contribution in [0.2, 0.25) is 0 Å². The molecule has 0 amide bonds. The first-order valence-electron chi connectivity index (χ1n) is 5.39. The number of quaternary nitrogens is 1. The van der Waals surface area contributed by atoms with E-state index in [-0.39, 0.29) is 12.3 Å². The van der Waals surface area contributed by atoms with Crippen molar-refractivity contribution in [1.82, 2.24) is 0 Å². The molecule has 4 nitrogen and oxygen atoms in total. The van der Waals surface area contributed by atoms with Crippen molar-refractivity contribution in [3.63, 3.8) is 0 Å². The lowest BCUT2D eigenvalue weighted by molar-refractivity contribution is -0.374. The van der Waals surface area contributed by atoms with Crippen LogP contribution in [0.3, 0.4) is 0 Å². The number of benzene rings is 1. The van der Waals surface area contributed by atoms with Gasteiger partial charge in [-0.1, -0.05) is 12.1 Å². The minimum absolute atomic E-state index is 0.0114. The molecule has 0 aliphatic heterocycles. The van der Waals surface area contributed by atoms with E-state index >= 15 is 0 Å². The Morgan fingerprint density at radius 2 is 2.06 bits per heavy atom. The summed E-state index contributed by atoms with van der Waals surface area (Å²) >= 11 is 0.